The number of nitrogens with two attached hydrogens (primary N) is 1. The van der Waals surface area contributed by atoms with Gasteiger partial charge in [0.25, 0.3) is 10.2 Å². The van der Waals surface area contributed by atoms with Crippen molar-refractivity contribution < 1.29 is 18.3 Å². The minimum absolute atomic E-state index is 0.00696. The van der Waals surface area contributed by atoms with Crippen LogP contribution in [-0.2, 0) is 15.0 Å². The first-order valence-electron chi connectivity index (χ1n) is 5.61. The maximum atomic E-state index is 11.7. The Hall–Kier alpha value is -0.700. The van der Waals surface area contributed by atoms with Crippen LogP contribution in [0.25, 0.3) is 0 Å². The number of aliphatic hydroxyl groups excluding tert-OH is 1. The monoisotopic (exact) mass is 265 g/mol. The summed E-state index contributed by atoms with van der Waals surface area (Å²) in [5.41, 5.74) is 0. The van der Waals surface area contributed by atoms with Gasteiger partial charge in [0.15, 0.2) is 0 Å². The fourth-order valence-electron chi connectivity index (χ4n) is 1.74. The molecule has 0 unspecified atom stereocenters. The number of amides is 1. The molecule has 3 N–H and O–H groups in total. The summed E-state index contributed by atoms with van der Waals surface area (Å²) in [6, 6.07) is 0. The third-order valence-corrected chi connectivity index (χ3v) is 3.83. The number of rotatable bonds is 5. The summed E-state index contributed by atoms with van der Waals surface area (Å²) < 4.78 is 23.3. The molecule has 1 saturated heterocycles. The molecule has 0 radical (unpaired) electrons. The summed E-state index contributed by atoms with van der Waals surface area (Å²) in [7, 11) is -3.63. The fourth-order valence-corrected chi connectivity index (χ4v) is 2.41. The van der Waals surface area contributed by atoms with Crippen LogP contribution in [0.1, 0.15) is 19.3 Å². The van der Waals surface area contributed by atoms with E-state index in [1.807, 2.05) is 0 Å². The van der Waals surface area contributed by atoms with Crippen molar-refractivity contribution >= 4 is 16.1 Å². The fraction of sp³-hybridized carbons (Fsp3) is 0.889. The quantitative estimate of drug-likeness (QED) is 0.590. The number of hydrogen-bond acceptors (Lipinski definition) is 4. The Balaban J connectivity index is 2.34. The van der Waals surface area contributed by atoms with E-state index >= 15 is 0 Å². The van der Waals surface area contributed by atoms with Crippen molar-refractivity contribution in [3.8, 4) is 0 Å². The number of carbonyl (C=O) groups is 1. The van der Waals surface area contributed by atoms with Crippen LogP contribution in [-0.4, -0.2) is 61.4 Å². The first kappa shape index (κ1) is 14.4. The molecule has 1 heterocycles. The largest absolute Gasteiger partial charge is 0.396 e. The number of carbonyl (C=O) groups excluding carboxylic acids is 1. The zero-order valence-electron chi connectivity index (χ0n) is 9.71. The first-order chi connectivity index (χ1) is 7.95. The van der Waals surface area contributed by atoms with Gasteiger partial charge in [-0.25, -0.2) is 5.14 Å². The summed E-state index contributed by atoms with van der Waals surface area (Å²) in [5.74, 6) is 0.00696. The van der Waals surface area contributed by atoms with E-state index in [9.17, 15) is 13.2 Å². The molecule has 0 atom stereocenters. The molecule has 100 valence electrons. The average molecular weight is 265 g/mol. The van der Waals surface area contributed by atoms with Crippen molar-refractivity contribution in [1.82, 2.24) is 9.21 Å². The van der Waals surface area contributed by atoms with Gasteiger partial charge in [-0.3, -0.25) is 4.79 Å². The Bertz CT molecular complexity index is 349. The molecule has 0 aromatic heterocycles. The van der Waals surface area contributed by atoms with Crippen LogP contribution in [0, 0.1) is 0 Å². The molecule has 1 amide bonds. The van der Waals surface area contributed by atoms with E-state index in [1.165, 1.54) is 4.31 Å². The zero-order chi connectivity index (χ0) is 12.9. The molecule has 0 aromatic rings. The van der Waals surface area contributed by atoms with E-state index in [0.717, 1.165) is 0 Å². The third-order valence-electron chi connectivity index (χ3n) is 2.75. The highest BCUT2D eigenvalue weighted by Crippen LogP contribution is 2.07. The van der Waals surface area contributed by atoms with Gasteiger partial charge in [0.2, 0.25) is 5.91 Å². The second kappa shape index (κ2) is 6.29. The molecule has 0 spiro atoms. The Morgan fingerprint density at radius 1 is 1.18 bits per heavy atom. The number of piperazine rings is 1. The van der Waals surface area contributed by atoms with Crippen molar-refractivity contribution in [1.29, 1.82) is 0 Å². The molecule has 0 bridgehead atoms. The normalized spacial score (nSPS) is 18.4. The van der Waals surface area contributed by atoms with Crippen LogP contribution in [0.5, 0.6) is 0 Å². The number of unbranched alkanes of at least 4 members (excludes halogenated alkanes) is 1. The minimum atomic E-state index is -3.63. The molecular formula is C9H19N3O4S. The van der Waals surface area contributed by atoms with Gasteiger partial charge in [0, 0.05) is 39.2 Å². The zero-order valence-corrected chi connectivity index (χ0v) is 10.5. The van der Waals surface area contributed by atoms with Crippen molar-refractivity contribution in [2.45, 2.75) is 19.3 Å². The van der Waals surface area contributed by atoms with Crippen LogP contribution < -0.4 is 5.14 Å². The molecule has 0 saturated carbocycles. The summed E-state index contributed by atoms with van der Waals surface area (Å²) in [6.45, 7) is 1.37. The summed E-state index contributed by atoms with van der Waals surface area (Å²) >= 11 is 0. The lowest BCUT2D eigenvalue weighted by Gasteiger charge is -2.33. The molecule has 0 aromatic carbocycles. The maximum absolute atomic E-state index is 11.7. The van der Waals surface area contributed by atoms with Gasteiger partial charge in [-0.05, 0) is 12.8 Å². The van der Waals surface area contributed by atoms with Gasteiger partial charge in [-0.2, -0.15) is 12.7 Å². The molecular weight excluding hydrogens is 246 g/mol. The molecule has 1 aliphatic rings. The SMILES string of the molecule is NS(=O)(=O)N1CCN(C(=O)CCCCO)CC1. The first-order valence-corrected chi connectivity index (χ1v) is 7.12. The Morgan fingerprint density at radius 2 is 1.76 bits per heavy atom. The average Bonchev–Trinajstić information content (AvgIpc) is 2.28. The summed E-state index contributed by atoms with van der Waals surface area (Å²) in [6.07, 6.45) is 1.67. The van der Waals surface area contributed by atoms with E-state index in [4.69, 9.17) is 10.2 Å². The Morgan fingerprint density at radius 3 is 2.24 bits per heavy atom. The molecule has 7 nitrogen and oxygen atoms in total. The third kappa shape index (κ3) is 4.58. The van der Waals surface area contributed by atoms with E-state index in [2.05, 4.69) is 0 Å². The van der Waals surface area contributed by atoms with E-state index in [-0.39, 0.29) is 25.6 Å². The summed E-state index contributed by atoms with van der Waals surface area (Å²) in [5, 5.41) is 13.6. The lowest BCUT2D eigenvalue weighted by atomic mass is 10.2. The van der Waals surface area contributed by atoms with Crippen LogP contribution in [0.3, 0.4) is 0 Å². The van der Waals surface area contributed by atoms with E-state index in [0.29, 0.717) is 32.4 Å². The Labute approximate surface area is 101 Å². The van der Waals surface area contributed by atoms with Crippen LogP contribution in [0.2, 0.25) is 0 Å². The predicted molar refractivity (Wildman–Crippen MR) is 62.2 cm³/mol. The highest BCUT2D eigenvalue weighted by atomic mass is 32.2. The topological polar surface area (TPSA) is 104 Å². The smallest absolute Gasteiger partial charge is 0.277 e. The number of hydrogen-bond donors (Lipinski definition) is 2. The summed E-state index contributed by atoms with van der Waals surface area (Å²) in [4.78, 5) is 13.3. The molecule has 8 heteroatoms. The standard InChI is InChI=1S/C9H19N3O4S/c10-17(15,16)12-6-4-11(5-7-12)9(14)3-1-2-8-13/h13H,1-8H2,(H2,10,15,16). The lowest BCUT2D eigenvalue weighted by Crippen LogP contribution is -2.52. The molecule has 1 aliphatic heterocycles. The van der Waals surface area contributed by atoms with Crippen LogP contribution in [0.15, 0.2) is 0 Å². The van der Waals surface area contributed by atoms with Gasteiger partial charge in [-0.1, -0.05) is 0 Å². The van der Waals surface area contributed by atoms with Gasteiger partial charge in [0.05, 0.1) is 0 Å². The minimum Gasteiger partial charge on any atom is -0.396 e. The second-order valence-electron chi connectivity index (χ2n) is 4.01. The predicted octanol–water partition coefficient (Wildman–Crippen LogP) is -1.50. The molecule has 1 fully saturated rings. The Kier molecular flexibility index (Phi) is 5.31. The van der Waals surface area contributed by atoms with Crippen LogP contribution >= 0.6 is 0 Å². The van der Waals surface area contributed by atoms with Crippen molar-refractivity contribution in [3.63, 3.8) is 0 Å². The van der Waals surface area contributed by atoms with Crippen LogP contribution in [0.4, 0.5) is 0 Å². The molecule has 0 aliphatic carbocycles. The molecule has 1 rings (SSSR count). The van der Waals surface area contributed by atoms with E-state index in [1.54, 1.807) is 4.90 Å². The van der Waals surface area contributed by atoms with E-state index < -0.39 is 10.2 Å². The van der Waals surface area contributed by atoms with Gasteiger partial charge >= 0.3 is 0 Å². The van der Waals surface area contributed by atoms with Crippen molar-refractivity contribution in [2.24, 2.45) is 5.14 Å². The maximum Gasteiger partial charge on any atom is 0.277 e. The van der Waals surface area contributed by atoms with Gasteiger partial charge in [-0.15, -0.1) is 0 Å². The number of aliphatic hydroxyl groups is 1. The lowest BCUT2D eigenvalue weighted by molar-refractivity contribution is -0.132. The highest BCUT2D eigenvalue weighted by molar-refractivity contribution is 7.86. The van der Waals surface area contributed by atoms with Crippen molar-refractivity contribution in [3.05, 3.63) is 0 Å². The number of nitrogens with zero attached hydrogens (tertiary/aromatic N) is 2. The second-order valence-corrected chi connectivity index (χ2v) is 5.55. The highest BCUT2D eigenvalue weighted by Gasteiger charge is 2.25. The van der Waals surface area contributed by atoms with Crippen molar-refractivity contribution in [2.75, 3.05) is 32.8 Å². The molecule has 17 heavy (non-hydrogen) atoms. The van der Waals surface area contributed by atoms with Gasteiger partial charge < -0.3 is 10.0 Å². The van der Waals surface area contributed by atoms with Gasteiger partial charge in [0.1, 0.15) is 0 Å².